The molecule has 0 N–H and O–H groups in total. The molecule has 0 spiro atoms. The van der Waals surface area contributed by atoms with Gasteiger partial charge in [0.2, 0.25) is 0 Å². The molecule has 1 nitrogen and oxygen atoms in total. The maximum absolute atomic E-state index is 2.38. The van der Waals surface area contributed by atoms with Crippen molar-refractivity contribution in [3.05, 3.63) is 95.7 Å². The van der Waals surface area contributed by atoms with Gasteiger partial charge >= 0.3 is 0 Å². The maximum Gasteiger partial charge on any atom is 0.0546 e. The zero-order valence-corrected chi connectivity index (χ0v) is 15.5. The molecule has 0 saturated heterocycles. The molecule has 0 bridgehead atoms. The van der Waals surface area contributed by atoms with E-state index in [4.69, 9.17) is 0 Å². The minimum atomic E-state index is 1.20. The van der Waals surface area contributed by atoms with Gasteiger partial charge in [0.1, 0.15) is 0 Å². The molecule has 0 saturated carbocycles. The first kappa shape index (κ1) is 16.4. The number of para-hydroxylation sites is 1. The molecule has 0 radical (unpaired) electrons. The molecule has 1 heteroatoms. The van der Waals surface area contributed by atoms with Crippen LogP contribution in [0.2, 0.25) is 0 Å². The van der Waals surface area contributed by atoms with E-state index in [2.05, 4.69) is 110 Å². The molecule has 26 heavy (non-hydrogen) atoms. The standard InChI is InChI=1S/C25H23N/c1-4-11-23-19(3)26(22-14-9-6-10-15-22)24-17-21(16-18(2)25(23)24)20-12-7-5-8-13-20/h4-17H,1-3H3/b11-4-. The van der Waals surface area contributed by atoms with Crippen molar-refractivity contribution >= 4 is 17.0 Å². The monoisotopic (exact) mass is 337 g/mol. The lowest BCUT2D eigenvalue weighted by Crippen LogP contribution is -1.96. The van der Waals surface area contributed by atoms with Crippen LogP contribution in [-0.4, -0.2) is 4.57 Å². The summed E-state index contributed by atoms with van der Waals surface area (Å²) in [5.41, 5.74) is 8.88. The highest BCUT2D eigenvalue weighted by atomic mass is 15.0. The number of nitrogens with zero attached hydrogens (tertiary/aromatic N) is 1. The molecule has 0 amide bonds. The summed E-state index contributed by atoms with van der Waals surface area (Å²) in [5.74, 6) is 0. The largest absolute Gasteiger partial charge is 0.313 e. The minimum Gasteiger partial charge on any atom is -0.313 e. The molecule has 3 aromatic carbocycles. The summed E-state index contributed by atoms with van der Waals surface area (Å²) in [6.07, 6.45) is 4.36. The van der Waals surface area contributed by atoms with Crippen molar-refractivity contribution in [3.8, 4) is 16.8 Å². The highest BCUT2D eigenvalue weighted by Gasteiger charge is 2.16. The quantitative estimate of drug-likeness (QED) is 0.381. The van der Waals surface area contributed by atoms with Crippen molar-refractivity contribution in [1.82, 2.24) is 4.57 Å². The topological polar surface area (TPSA) is 4.93 Å². The Morgan fingerprint density at radius 3 is 2.08 bits per heavy atom. The predicted molar refractivity (Wildman–Crippen MR) is 113 cm³/mol. The first-order valence-electron chi connectivity index (χ1n) is 9.10. The van der Waals surface area contributed by atoms with Crippen LogP contribution in [0, 0.1) is 13.8 Å². The lowest BCUT2D eigenvalue weighted by atomic mass is 9.98. The molecule has 0 unspecified atom stereocenters. The number of aromatic nitrogens is 1. The Morgan fingerprint density at radius 1 is 0.769 bits per heavy atom. The van der Waals surface area contributed by atoms with Gasteiger partial charge < -0.3 is 4.57 Å². The second kappa shape index (κ2) is 6.68. The second-order valence-corrected chi connectivity index (χ2v) is 6.72. The first-order valence-corrected chi connectivity index (χ1v) is 9.10. The summed E-state index contributed by atoms with van der Waals surface area (Å²) in [5, 5.41) is 1.34. The lowest BCUT2D eigenvalue weighted by Gasteiger charge is -2.10. The smallest absolute Gasteiger partial charge is 0.0546 e. The molecular formula is C25H23N. The second-order valence-electron chi connectivity index (χ2n) is 6.72. The van der Waals surface area contributed by atoms with Crippen molar-refractivity contribution in [2.75, 3.05) is 0 Å². The van der Waals surface area contributed by atoms with E-state index >= 15 is 0 Å². The normalized spacial score (nSPS) is 11.5. The minimum absolute atomic E-state index is 1.20. The Labute approximate surface area is 155 Å². The molecule has 0 atom stereocenters. The predicted octanol–water partition coefficient (Wildman–Crippen LogP) is 6.95. The number of benzene rings is 3. The van der Waals surface area contributed by atoms with E-state index in [1.807, 2.05) is 0 Å². The summed E-state index contributed by atoms with van der Waals surface area (Å²) in [6, 6.07) is 25.9. The fourth-order valence-corrected chi connectivity index (χ4v) is 3.86. The van der Waals surface area contributed by atoms with Gasteiger partial charge in [-0.1, -0.05) is 66.7 Å². The number of aryl methyl sites for hydroxylation is 1. The highest BCUT2D eigenvalue weighted by Crippen LogP contribution is 2.35. The van der Waals surface area contributed by atoms with Crippen LogP contribution in [-0.2, 0) is 0 Å². The fourth-order valence-electron chi connectivity index (χ4n) is 3.86. The van der Waals surface area contributed by atoms with Crippen molar-refractivity contribution < 1.29 is 0 Å². The van der Waals surface area contributed by atoms with Gasteiger partial charge in [-0.05, 0) is 55.7 Å². The molecule has 128 valence electrons. The number of hydrogen-bond acceptors (Lipinski definition) is 0. The summed E-state index contributed by atoms with van der Waals surface area (Å²) in [4.78, 5) is 0. The Bertz CT molecular complexity index is 1080. The summed E-state index contributed by atoms with van der Waals surface area (Å²) >= 11 is 0. The zero-order valence-electron chi connectivity index (χ0n) is 15.5. The van der Waals surface area contributed by atoms with Crippen LogP contribution in [0.4, 0.5) is 0 Å². The first-order chi connectivity index (χ1) is 12.7. The van der Waals surface area contributed by atoms with Crippen LogP contribution in [0.25, 0.3) is 33.8 Å². The lowest BCUT2D eigenvalue weighted by molar-refractivity contribution is 1.05. The number of allylic oxidation sites excluding steroid dienone is 1. The Hall–Kier alpha value is -3.06. The van der Waals surface area contributed by atoms with Gasteiger partial charge in [0, 0.05) is 22.3 Å². The molecular weight excluding hydrogens is 314 g/mol. The maximum atomic E-state index is 2.38. The SMILES string of the molecule is C/C=C\c1c(C)n(-c2ccccc2)c2cc(-c3ccccc3)cc(C)c12. The van der Waals surface area contributed by atoms with Gasteiger partial charge in [0.15, 0.2) is 0 Å². The number of fused-ring (bicyclic) bond motifs is 1. The van der Waals surface area contributed by atoms with Crippen LogP contribution in [0.5, 0.6) is 0 Å². The molecule has 0 aliphatic heterocycles. The van der Waals surface area contributed by atoms with E-state index < -0.39 is 0 Å². The van der Waals surface area contributed by atoms with Gasteiger partial charge in [-0.25, -0.2) is 0 Å². The van der Waals surface area contributed by atoms with Crippen LogP contribution in [0.3, 0.4) is 0 Å². The number of rotatable bonds is 3. The van der Waals surface area contributed by atoms with Crippen molar-refractivity contribution in [1.29, 1.82) is 0 Å². The van der Waals surface area contributed by atoms with E-state index in [0.717, 1.165) is 0 Å². The van der Waals surface area contributed by atoms with E-state index in [0.29, 0.717) is 0 Å². The van der Waals surface area contributed by atoms with Crippen molar-refractivity contribution in [2.24, 2.45) is 0 Å². The third-order valence-electron chi connectivity index (χ3n) is 5.00. The van der Waals surface area contributed by atoms with Crippen LogP contribution < -0.4 is 0 Å². The third kappa shape index (κ3) is 2.66. The van der Waals surface area contributed by atoms with E-state index in [9.17, 15) is 0 Å². The van der Waals surface area contributed by atoms with Gasteiger partial charge in [-0.3, -0.25) is 0 Å². The Kier molecular flexibility index (Phi) is 4.22. The average Bonchev–Trinajstić information content (AvgIpc) is 2.95. The Balaban J connectivity index is 2.09. The summed E-state index contributed by atoms with van der Waals surface area (Å²) < 4.78 is 2.38. The van der Waals surface area contributed by atoms with Crippen molar-refractivity contribution in [3.63, 3.8) is 0 Å². The van der Waals surface area contributed by atoms with E-state index in [1.54, 1.807) is 0 Å². The molecule has 0 aliphatic carbocycles. The third-order valence-corrected chi connectivity index (χ3v) is 5.00. The fraction of sp³-hybridized carbons (Fsp3) is 0.120. The molecule has 4 rings (SSSR count). The van der Waals surface area contributed by atoms with E-state index in [1.165, 1.54) is 44.5 Å². The molecule has 1 heterocycles. The van der Waals surface area contributed by atoms with Crippen LogP contribution in [0.15, 0.2) is 78.9 Å². The molecule has 4 aromatic rings. The molecule has 0 fully saturated rings. The average molecular weight is 337 g/mol. The van der Waals surface area contributed by atoms with Crippen LogP contribution in [0.1, 0.15) is 23.7 Å². The van der Waals surface area contributed by atoms with Crippen molar-refractivity contribution in [2.45, 2.75) is 20.8 Å². The van der Waals surface area contributed by atoms with Gasteiger partial charge in [0.05, 0.1) is 5.52 Å². The highest BCUT2D eigenvalue weighted by molar-refractivity contribution is 5.97. The van der Waals surface area contributed by atoms with E-state index in [-0.39, 0.29) is 0 Å². The van der Waals surface area contributed by atoms with Gasteiger partial charge in [-0.15, -0.1) is 0 Å². The van der Waals surface area contributed by atoms with Crippen LogP contribution >= 0.6 is 0 Å². The van der Waals surface area contributed by atoms with Gasteiger partial charge in [-0.2, -0.15) is 0 Å². The summed E-state index contributed by atoms with van der Waals surface area (Å²) in [6.45, 7) is 6.51. The molecule has 1 aromatic heterocycles. The summed E-state index contributed by atoms with van der Waals surface area (Å²) in [7, 11) is 0. The number of hydrogen-bond donors (Lipinski definition) is 0. The zero-order chi connectivity index (χ0) is 18.1. The van der Waals surface area contributed by atoms with Gasteiger partial charge in [0.25, 0.3) is 0 Å². The Morgan fingerprint density at radius 2 is 1.42 bits per heavy atom. The molecule has 0 aliphatic rings.